The molecule has 2 amide bonds. The van der Waals surface area contributed by atoms with Crippen molar-refractivity contribution in [2.75, 3.05) is 62.0 Å². The van der Waals surface area contributed by atoms with E-state index in [0.717, 1.165) is 95.3 Å². The molecule has 1 saturated heterocycles. The van der Waals surface area contributed by atoms with Crippen molar-refractivity contribution >= 4 is 41.2 Å². The molecule has 4 aliphatic rings. The number of hydrogen-bond donors (Lipinski definition) is 2. The highest BCUT2D eigenvalue weighted by Gasteiger charge is 2.41. The first-order valence-electron chi connectivity index (χ1n) is 17.0. The topological polar surface area (TPSA) is 123 Å². The van der Waals surface area contributed by atoms with Crippen LogP contribution in [0.1, 0.15) is 75.1 Å². The second-order valence-corrected chi connectivity index (χ2v) is 13.1. The first-order chi connectivity index (χ1) is 22.4. The van der Waals surface area contributed by atoms with Crippen LogP contribution in [0.15, 0.2) is 24.4 Å². The van der Waals surface area contributed by atoms with Gasteiger partial charge in [0.15, 0.2) is 5.82 Å². The molecule has 0 radical (unpaired) electrons. The Morgan fingerprint density at radius 2 is 1.78 bits per heavy atom. The zero-order valence-corrected chi connectivity index (χ0v) is 27.4. The minimum Gasteiger partial charge on any atom is -0.495 e. The van der Waals surface area contributed by atoms with Crippen LogP contribution in [0.25, 0.3) is 0 Å². The number of aromatic nitrogens is 2. The van der Waals surface area contributed by atoms with Crippen molar-refractivity contribution in [2.45, 2.75) is 88.9 Å². The van der Waals surface area contributed by atoms with E-state index in [2.05, 4.69) is 37.2 Å². The molecule has 0 bridgehead atoms. The van der Waals surface area contributed by atoms with E-state index in [9.17, 15) is 14.4 Å². The highest BCUT2D eigenvalue weighted by Crippen LogP contribution is 2.40. The molecule has 46 heavy (non-hydrogen) atoms. The predicted molar refractivity (Wildman–Crippen MR) is 178 cm³/mol. The number of hydrogen-bond acceptors (Lipinski definition) is 10. The number of methoxy groups -OCH3 is 1. The average Bonchev–Trinajstić information content (AvgIpc) is 3.62. The number of nitrogens with zero attached hydrogens (tertiary/aromatic N) is 6. The molecule has 12 heteroatoms. The van der Waals surface area contributed by atoms with E-state index >= 15 is 0 Å². The summed E-state index contributed by atoms with van der Waals surface area (Å²) in [6, 6.07) is 6.12. The van der Waals surface area contributed by atoms with Gasteiger partial charge in [0.2, 0.25) is 11.9 Å². The standard InChI is InChI=1S/C34H48N8O4/c1-4-28-33(45)39(2)29-22-35-34(38-31(29)42(28)26-7-5-6-8-26)37-27-14-9-23(21-30(27)46-3)32(44)36-24-10-12-25(13-11-24)41-17-15-40(16-18-41)19-20-43/h9,14,20-22,24-26,28H,4-8,10-13,15-19H2,1-3H3,(H,36,44)(H,35,37,38)/t24?,25?,28-/m1/s1. The molecular formula is C34H48N8O4. The molecule has 3 heterocycles. The molecule has 3 fully saturated rings. The number of aldehydes is 1. The predicted octanol–water partition coefficient (Wildman–Crippen LogP) is 3.59. The number of piperazine rings is 1. The number of rotatable bonds is 10. The maximum atomic E-state index is 13.3. The largest absolute Gasteiger partial charge is 0.495 e. The Kier molecular flexibility index (Phi) is 10.0. The Morgan fingerprint density at radius 1 is 1.04 bits per heavy atom. The third kappa shape index (κ3) is 6.69. The molecule has 0 spiro atoms. The Hall–Kier alpha value is -3.77. The maximum absolute atomic E-state index is 13.3. The smallest absolute Gasteiger partial charge is 0.251 e. The molecule has 6 rings (SSSR count). The quantitative estimate of drug-likeness (QED) is 0.376. The summed E-state index contributed by atoms with van der Waals surface area (Å²) in [5.41, 5.74) is 1.92. The van der Waals surface area contributed by atoms with Gasteiger partial charge in [0.1, 0.15) is 23.8 Å². The van der Waals surface area contributed by atoms with E-state index in [1.165, 1.54) is 0 Å². The van der Waals surface area contributed by atoms with Gasteiger partial charge >= 0.3 is 0 Å². The van der Waals surface area contributed by atoms with Gasteiger partial charge < -0.3 is 30.0 Å². The molecule has 2 aromatic rings. The minimum absolute atomic E-state index is 0.0836. The molecule has 12 nitrogen and oxygen atoms in total. The van der Waals surface area contributed by atoms with Crippen LogP contribution in [0, 0.1) is 0 Å². The number of carbonyl (C=O) groups excluding carboxylic acids is 3. The van der Waals surface area contributed by atoms with Gasteiger partial charge in [0.25, 0.3) is 5.91 Å². The summed E-state index contributed by atoms with van der Waals surface area (Å²) >= 11 is 0. The lowest BCUT2D eigenvalue weighted by Crippen LogP contribution is -2.55. The molecular weight excluding hydrogens is 584 g/mol. The van der Waals surface area contributed by atoms with Crippen LogP contribution in [0.3, 0.4) is 0 Å². The fourth-order valence-electron chi connectivity index (χ4n) is 7.77. The van der Waals surface area contributed by atoms with Crippen molar-refractivity contribution in [1.29, 1.82) is 0 Å². The summed E-state index contributed by atoms with van der Waals surface area (Å²) in [6.07, 6.45) is 11.9. The molecule has 1 aromatic heterocycles. The number of nitrogens with one attached hydrogen (secondary N) is 2. The summed E-state index contributed by atoms with van der Waals surface area (Å²) in [7, 11) is 3.38. The fourth-order valence-corrected chi connectivity index (χ4v) is 7.77. The third-order valence-corrected chi connectivity index (χ3v) is 10.4. The van der Waals surface area contributed by atoms with Crippen molar-refractivity contribution in [1.82, 2.24) is 25.1 Å². The molecule has 1 aromatic carbocycles. The lowest BCUT2D eigenvalue weighted by molar-refractivity contribution is -0.120. The van der Waals surface area contributed by atoms with Gasteiger partial charge in [-0.1, -0.05) is 19.8 Å². The maximum Gasteiger partial charge on any atom is 0.251 e. The lowest BCUT2D eigenvalue weighted by Gasteiger charge is -2.43. The summed E-state index contributed by atoms with van der Waals surface area (Å²) in [4.78, 5) is 55.5. The zero-order chi connectivity index (χ0) is 32.2. The highest BCUT2D eigenvalue weighted by atomic mass is 16.5. The fraction of sp³-hybridized carbons (Fsp3) is 0.618. The number of amides is 2. The van der Waals surface area contributed by atoms with Gasteiger partial charge in [-0.3, -0.25) is 19.4 Å². The number of benzene rings is 1. The van der Waals surface area contributed by atoms with Gasteiger partial charge in [-0.05, 0) is 63.1 Å². The van der Waals surface area contributed by atoms with Crippen LogP contribution in [0.4, 0.5) is 23.1 Å². The van der Waals surface area contributed by atoms with Crippen molar-refractivity contribution in [3.63, 3.8) is 0 Å². The van der Waals surface area contributed by atoms with E-state index in [0.29, 0.717) is 42.0 Å². The number of anilines is 4. The van der Waals surface area contributed by atoms with Crippen molar-refractivity contribution in [2.24, 2.45) is 0 Å². The molecule has 2 aliphatic heterocycles. The zero-order valence-electron chi connectivity index (χ0n) is 27.4. The Bertz CT molecular complexity index is 1400. The molecule has 248 valence electrons. The Labute approximate surface area is 271 Å². The minimum atomic E-state index is -0.240. The van der Waals surface area contributed by atoms with Gasteiger partial charge in [0.05, 0.1) is 25.5 Å². The summed E-state index contributed by atoms with van der Waals surface area (Å²) < 4.78 is 5.69. The molecule has 2 N–H and O–H groups in total. The van der Waals surface area contributed by atoms with E-state index in [4.69, 9.17) is 9.72 Å². The first kappa shape index (κ1) is 32.2. The number of likely N-dealkylation sites (N-methyl/N-ethyl adjacent to an activating group) is 1. The van der Waals surface area contributed by atoms with Crippen LogP contribution in [0.5, 0.6) is 5.75 Å². The monoisotopic (exact) mass is 632 g/mol. The lowest BCUT2D eigenvalue weighted by atomic mass is 9.89. The van der Waals surface area contributed by atoms with E-state index in [-0.39, 0.29) is 29.9 Å². The van der Waals surface area contributed by atoms with Crippen LogP contribution < -0.4 is 25.2 Å². The van der Waals surface area contributed by atoms with E-state index in [1.807, 2.05) is 6.07 Å². The molecule has 2 saturated carbocycles. The first-order valence-corrected chi connectivity index (χ1v) is 17.0. The third-order valence-electron chi connectivity index (χ3n) is 10.4. The summed E-state index contributed by atoms with van der Waals surface area (Å²) in [5, 5.41) is 6.55. The summed E-state index contributed by atoms with van der Waals surface area (Å²) in [5.74, 6) is 1.70. The summed E-state index contributed by atoms with van der Waals surface area (Å²) in [6.45, 7) is 6.46. The van der Waals surface area contributed by atoms with Crippen LogP contribution >= 0.6 is 0 Å². The molecule has 2 aliphatic carbocycles. The van der Waals surface area contributed by atoms with E-state index in [1.54, 1.807) is 37.4 Å². The van der Waals surface area contributed by atoms with Crippen LogP contribution in [-0.2, 0) is 9.59 Å². The average molecular weight is 633 g/mol. The SMILES string of the molecule is CC[C@@H]1C(=O)N(C)c2cnc(Nc3ccc(C(=O)NC4CCC(N5CCN(CC=O)CC5)CC4)cc3OC)nc2N1C1CCCC1. The highest BCUT2D eigenvalue weighted by molar-refractivity contribution is 6.04. The normalized spacial score (nSPS) is 24.5. The van der Waals surface area contributed by atoms with Crippen LogP contribution in [0.2, 0.25) is 0 Å². The van der Waals surface area contributed by atoms with E-state index < -0.39 is 0 Å². The van der Waals surface area contributed by atoms with Gasteiger partial charge in [-0.25, -0.2) is 4.98 Å². The molecule has 1 atom stereocenters. The second-order valence-electron chi connectivity index (χ2n) is 13.1. The van der Waals surface area contributed by atoms with Gasteiger partial charge in [-0.2, -0.15) is 4.98 Å². The Morgan fingerprint density at radius 3 is 2.46 bits per heavy atom. The van der Waals surface area contributed by atoms with Gasteiger partial charge in [-0.15, -0.1) is 0 Å². The van der Waals surface area contributed by atoms with Crippen molar-refractivity contribution in [3.05, 3.63) is 30.0 Å². The number of fused-ring (bicyclic) bond motifs is 1. The number of carbonyl (C=O) groups is 3. The Balaban J connectivity index is 1.09. The van der Waals surface area contributed by atoms with Gasteiger partial charge in [0, 0.05) is 56.9 Å². The number of ether oxygens (including phenoxy) is 1. The molecule has 0 unspecified atom stereocenters. The second kappa shape index (κ2) is 14.3. The van der Waals surface area contributed by atoms with Crippen molar-refractivity contribution < 1.29 is 19.1 Å². The van der Waals surface area contributed by atoms with Crippen molar-refractivity contribution in [3.8, 4) is 5.75 Å². The van der Waals surface area contributed by atoms with Crippen LogP contribution in [-0.4, -0.2) is 109 Å².